The quantitative estimate of drug-likeness (QED) is 0.195. The highest BCUT2D eigenvalue weighted by Gasteiger charge is 2.37. The van der Waals surface area contributed by atoms with Crippen LogP contribution < -0.4 is 10.2 Å². The van der Waals surface area contributed by atoms with E-state index in [1.165, 1.54) is 11.0 Å². The Hall–Kier alpha value is -3.58. The number of unbranched alkanes of at least 4 members (excludes halogenated alkanes) is 1. The first-order chi connectivity index (χ1) is 22.1. The first-order valence-electron chi connectivity index (χ1n) is 15.7. The van der Waals surface area contributed by atoms with E-state index >= 15 is 0 Å². The van der Waals surface area contributed by atoms with Gasteiger partial charge in [0.05, 0.1) is 32.6 Å². The van der Waals surface area contributed by atoms with Crippen molar-refractivity contribution in [2.75, 3.05) is 84.4 Å². The molecule has 1 aromatic carbocycles. The second-order valence-electron chi connectivity index (χ2n) is 10.7. The van der Waals surface area contributed by atoms with Crippen LogP contribution in [0.1, 0.15) is 44.1 Å². The molecule has 0 aliphatic carbocycles. The van der Waals surface area contributed by atoms with E-state index in [4.69, 9.17) is 18.5 Å². The monoisotopic (exact) mass is 662 g/mol. The molecule has 2 heterocycles. The van der Waals surface area contributed by atoms with Crippen LogP contribution in [-0.2, 0) is 27.9 Å². The summed E-state index contributed by atoms with van der Waals surface area (Å²) in [5, 5.41) is 2.76. The number of aromatic nitrogens is 2. The van der Waals surface area contributed by atoms with Gasteiger partial charge < -0.3 is 38.5 Å². The lowest BCUT2D eigenvalue weighted by Crippen LogP contribution is -2.57. The number of hydrogen-bond acceptors (Lipinski definition) is 11. The number of piperazine rings is 1. The van der Waals surface area contributed by atoms with Crippen molar-refractivity contribution in [2.45, 2.75) is 39.7 Å². The minimum absolute atomic E-state index is 0.0215. The van der Waals surface area contributed by atoms with Gasteiger partial charge in [0.15, 0.2) is 5.82 Å². The molecule has 1 N–H and O–H groups in total. The van der Waals surface area contributed by atoms with E-state index < -0.39 is 31.5 Å². The highest BCUT2D eigenvalue weighted by Crippen LogP contribution is 2.48. The predicted molar refractivity (Wildman–Crippen MR) is 174 cm³/mol. The van der Waals surface area contributed by atoms with Gasteiger partial charge in [0.25, 0.3) is 5.91 Å². The Bertz CT molecular complexity index is 1320. The lowest BCUT2D eigenvalue weighted by Gasteiger charge is -2.36. The number of rotatable bonds is 17. The third-order valence-electron chi connectivity index (χ3n) is 7.23. The third kappa shape index (κ3) is 10.8. The third-order valence-corrected chi connectivity index (χ3v) is 9.35. The minimum Gasteiger partial charge on any atom is -0.449 e. The highest BCUT2D eigenvalue weighted by molar-refractivity contribution is 7.54. The van der Waals surface area contributed by atoms with Crippen molar-refractivity contribution in [2.24, 2.45) is 0 Å². The number of methoxy groups -OCH3 is 1. The highest BCUT2D eigenvalue weighted by atomic mass is 31.2. The Labute approximate surface area is 271 Å². The lowest BCUT2D eigenvalue weighted by atomic mass is 10.2. The topological polar surface area (TPSA) is 153 Å². The molecule has 1 unspecified atom stereocenters. The van der Waals surface area contributed by atoms with Crippen molar-refractivity contribution in [1.29, 1.82) is 0 Å². The van der Waals surface area contributed by atoms with Gasteiger partial charge in [-0.15, -0.1) is 0 Å². The summed E-state index contributed by atoms with van der Waals surface area (Å²) >= 11 is 0. The molecule has 3 amide bonds. The minimum atomic E-state index is -3.77. The number of nitrogens with one attached hydrogen (secondary N) is 1. The summed E-state index contributed by atoms with van der Waals surface area (Å²) in [5.74, 6) is -0.319. The maximum atomic E-state index is 13.9. The Morgan fingerprint density at radius 1 is 0.978 bits per heavy atom. The Morgan fingerprint density at radius 2 is 1.63 bits per heavy atom. The van der Waals surface area contributed by atoms with E-state index in [1.807, 2.05) is 49.2 Å². The predicted octanol–water partition coefficient (Wildman–Crippen LogP) is 3.67. The van der Waals surface area contributed by atoms with E-state index in [0.717, 1.165) is 12.8 Å². The van der Waals surface area contributed by atoms with Crippen LogP contribution in [0.3, 0.4) is 0 Å². The molecule has 3 rings (SSSR count). The van der Waals surface area contributed by atoms with Gasteiger partial charge in [0.2, 0.25) is 5.91 Å². The molecule has 1 saturated heterocycles. The Balaban J connectivity index is 1.88. The molecular formula is C31H47N6O8P. The zero-order valence-electron chi connectivity index (χ0n) is 27.5. The average molecular weight is 663 g/mol. The number of hydrogen-bond donors (Lipinski definition) is 1. The number of amides is 3. The zero-order chi connectivity index (χ0) is 33.5. The van der Waals surface area contributed by atoms with Crippen molar-refractivity contribution in [1.82, 2.24) is 25.1 Å². The molecule has 0 bridgehead atoms. The summed E-state index contributed by atoms with van der Waals surface area (Å²) < 4.78 is 35.1. The molecule has 1 atom stereocenters. The van der Waals surface area contributed by atoms with Crippen LogP contribution in [0.4, 0.5) is 10.6 Å². The molecule has 0 spiro atoms. The Kier molecular flexibility index (Phi) is 14.9. The van der Waals surface area contributed by atoms with Crippen molar-refractivity contribution in [3.8, 4) is 11.4 Å². The largest absolute Gasteiger partial charge is 0.449 e. The van der Waals surface area contributed by atoms with Crippen LogP contribution in [0.2, 0.25) is 0 Å². The first-order valence-corrected chi connectivity index (χ1v) is 17.4. The molecule has 2 aromatic rings. The number of anilines is 1. The molecular weight excluding hydrogens is 615 g/mol. The number of carbonyl (C=O) groups is 3. The molecule has 254 valence electrons. The molecule has 15 heteroatoms. The van der Waals surface area contributed by atoms with Gasteiger partial charge >= 0.3 is 13.7 Å². The second-order valence-corrected chi connectivity index (χ2v) is 12.8. The summed E-state index contributed by atoms with van der Waals surface area (Å²) in [6.07, 6.45) is 0.877. The van der Waals surface area contributed by atoms with Crippen LogP contribution in [0.25, 0.3) is 11.4 Å². The van der Waals surface area contributed by atoms with Crippen molar-refractivity contribution < 1.29 is 37.5 Å². The molecule has 46 heavy (non-hydrogen) atoms. The maximum absolute atomic E-state index is 13.9. The summed E-state index contributed by atoms with van der Waals surface area (Å²) in [5.41, 5.74) is 0.725. The first kappa shape index (κ1) is 36.9. The fourth-order valence-corrected chi connectivity index (χ4v) is 6.47. The molecule has 1 aromatic heterocycles. The van der Waals surface area contributed by atoms with Gasteiger partial charge in [-0.3, -0.25) is 14.2 Å². The summed E-state index contributed by atoms with van der Waals surface area (Å²) in [6, 6.07) is 9.50. The summed E-state index contributed by atoms with van der Waals surface area (Å²) in [4.78, 5) is 54.3. The number of nitrogens with zero attached hydrogens (tertiary/aromatic N) is 5. The van der Waals surface area contributed by atoms with Gasteiger partial charge in [0.1, 0.15) is 17.6 Å². The second kappa shape index (κ2) is 18.5. The number of benzene rings is 1. The fourth-order valence-electron chi connectivity index (χ4n) is 4.71. The number of ether oxygens (including phenoxy) is 2. The van der Waals surface area contributed by atoms with E-state index in [9.17, 15) is 18.9 Å². The van der Waals surface area contributed by atoms with Gasteiger partial charge in [-0.2, -0.15) is 0 Å². The molecule has 1 fully saturated rings. The van der Waals surface area contributed by atoms with Gasteiger partial charge in [-0.1, -0.05) is 43.7 Å². The van der Waals surface area contributed by atoms with Crippen LogP contribution >= 0.6 is 7.60 Å². The molecule has 1 aliphatic rings. The van der Waals surface area contributed by atoms with E-state index in [2.05, 4.69) is 15.3 Å². The van der Waals surface area contributed by atoms with Gasteiger partial charge in [-0.25, -0.2) is 14.8 Å². The van der Waals surface area contributed by atoms with Gasteiger partial charge in [0, 0.05) is 58.5 Å². The van der Waals surface area contributed by atoms with E-state index in [1.54, 1.807) is 25.9 Å². The van der Waals surface area contributed by atoms with Crippen LogP contribution in [-0.4, -0.2) is 123 Å². The van der Waals surface area contributed by atoms with Crippen molar-refractivity contribution in [3.63, 3.8) is 0 Å². The smallest absolute Gasteiger partial charge is 0.409 e. The van der Waals surface area contributed by atoms with Crippen LogP contribution in [0, 0.1) is 0 Å². The normalized spacial score (nSPS) is 14.1. The van der Waals surface area contributed by atoms with Crippen LogP contribution in [0.15, 0.2) is 36.4 Å². The summed E-state index contributed by atoms with van der Waals surface area (Å²) in [6.45, 7) is 7.77. The zero-order valence-corrected chi connectivity index (χ0v) is 28.4. The van der Waals surface area contributed by atoms with Crippen molar-refractivity contribution >= 4 is 31.3 Å². The van der Waals surface area contributed by atoms with E-state index in [0.29, 0.717) is 37.0 Å². The molecule has 0 saturated carbocycles. The van der Waals surface area contributed by atoms with Gasteiger partial charge in [-0.05, 0) is 20.3 Å². The molecule has 0 radical (unpaired) electrons. The Morgan fingerprint density at radius 3 is 2.24 bits per heavy atom. The fraction of sp³-hybridized carbons (Fsp3) is 0.581. The molecule has 1 aliphatic heterocycles. The van der Waals surface area contributed by atoms with E-state index in [-0.39, 0.29) is 51.2 Å². The number of likely N-dealkylation sites (N-methyl/N-ethyl adjacent to an activating group) is 1. The van der Waals surface area contributed by atoms with Crippen LogP contribution in [0.5, 0.6) is 0 Å². The van der Waals surface area contributed by atoms with Crippen molar-refractivity contribution in [3.05, 3.63) is 42.1 Å². The maximum Gasteiger partial charge on any atom is 0.409 e. The molecule has 14 nitrogen and oxygen atoms in total. The average Bonchev–Trinajstić information content (AvgIpc) is 3.07. The standard InChI is InChI=1S/C31H47N6O8P/c1-6-9-20-43-31(40)37-17-15-36(16-18-37)30(39)26(23-46(41,44-7-2)45-8-3)33-29(38)25-22-27(35(4)19-21-42-5)34-28(32-25)24-13-11-10-12-14-24/h10-14,22,26H,6-9,15-21,23H2,1-5H3,(H,33,38). The lowest BCUT2D eigenvalue weighted by molar-refractivity contribution is -0.134. The SMILES string of the molecule is CCCCOC(=O)N1CCN(C(=O)C(CP(=O)(OCC)OCC)NC(=O)c2cc(N(C)CCOC)nc(-c3ccccc3)n2)CC1. The summed E-state index contributed by atoms with van der Waals surface area (Å²) in [7, 11) is -0.347. The number of carbonyl (C=O) groups excluding carboxylic acids is 3.